The minimum atomic E-state index is -0.361. The Bertz CT molecular complexity index is 186. The topological polar surface area (TPSA) is 49.3 Å². The van der Waals surface area contributed by atoms with E-state index < -0.39 is 0 Å². The first kappa shape index (κ1) is 10.6. The Balaban J connectivity index is 2.41. The monoisotopic (exact) mass is 182 g/mol. The lowest BCUT2D eigenvalue weighted by Crippen LogP contribution is -2.47. The van der Waals surface area contributed by atoms with E-state index in [2.05, 4.69) is 12.2 Å². The number of hydrogen-bond donors (Lipinski definition) is 2. The molecule has 13 heavy (non-hydrogen) atoms. The summed E-state index contributed by atoms with van der Waals surface area (Å²) in [6.45, 7) is 3.86. The maximum atomic E-state index is 11.1. The van der Waals surface area contributed by atoms with Crippen molar-refractivity contribution in [3.05, 3.63) is 0 Å². The van der Waals surface area contributed by atoms with Gasteiger partial charge >= 0.3 is 0 Å². The van der Waals surface area contributed by atoms with Crippen LogP contribution in [0.2, 0.25) is 6.82 Å². The molecule has 4 heteroatoms. The molecule has 0 saturated heterocycles. The van der Waals surface area contributed by atoms with Gasteiger partial charge in [-0.15, -0.1) is 0 Å². The maximum Gasteiger partial charge on any atom is 0.229 e. The molecule has 2 N–H and O–H groups in total. The molecule has 3 atom stereocenters. The molecule has 0 bridgehead atoms. The van der Waals surface area contributed by atoms with Crippen LogP contribution in [-0.4, -0.2) is 30.3 Å². The molecule has 1 radical (unpaired) electrons. The molecule has 1 aliphatic rings. The lowest BCUT2D eigenvalue weighted by molar-refractivity contribution is 0.0791. The number of nitrogens with one attached hydrogen (secondary N) is 1. The zero-order valence-electron chi connectivity index (χ0n) is 8.29. The van der Waals surface area contributed by atoms with E-state index in [1.807, 2.05) is 0 Å². The van der Waals surface area contributed by atoms with Crippen molar-refractivity contribution < 1.29 is 9.90 Å². The third-order valence-electron chi connectivity index (χ3n) is 2.67. The van der Waals surface area contributed by atoms with Crippen LogP contribution in [0.15, 0.2) is 0 Å². The van der Waals surface area contributed by atoms with Crippen LogP contribution >= 0.6 is 0 Å². The summed E-state index contributed by atoms with van der Waals surface area (Å²) in [4.78, 5) is 11.1. The first-order valence-electron chi connectivity index (χ1n) is 4.91. The van der Waals surface area contributed by atoms with Gasteiger partial charge in [-0.2, -0.15) is 0 Å². The highest BCUT2D eigenvalue weighted by molar-refractivity contribution is 6.72. The van der Waals surface area contributed by atoms with Crippen LogP contribution in [0.4, 0.5) is 4.79 Å². The van der Waals surface area contributed by atoms with E-state index in [0.717, 1.165) is 19.3 Å². The van der Waals surface area contributed by atoms with Gasteiger partial charge in [0.2, 0.25) is 7.28 Å². The van der Waals surface area contributed by atoms with Crippen LogP contribution in [0, 0.1) is 5.92 Å². The summed E-state index contributed by atoms with van der Waals surface area (Å²) >= 11 is 0. The van der Waals surface area contributed by atoms with Crippen molar-refractivity contribution >= 4 is 13.1 Å². The highest BCUT2D eigenvalue weighted by Crippen LogP contribution is 2.23. The molecule has 3 nitrogen and oxygen atoms in total. The largest absolute Gasteiger partial charge is 0.391 e. The van der Waals surface area contributed by atoms with Crippen LogP contribution in [0.25, 0.3) is 0 Å². The quantitative estimate of drug-likeness (QED) is 0.625. The molecule has 3 unspecified atom stereocenters. The van der Waals surface area contributed by atoms with Crippen molar-refractivity contribution in [2.45, 2.75) is 45.2 Å². The highest BCUT2D eigenvalue weighted by Gasteiger charge is 2.27. The summed E-state index contributed by atoms with van der Waals surface area (Å²) in [6.07, 6.45) is 2.39. The van der Waals surface area contributed by atoms with Crippen molar-refractivity contribution in [3.63, 3.8) is 0 Å². The number of aliphatic hydroxyl groups excluding tert-OH is 1. The fraction of sp³-hybridized carbons (Fsp3) is 0.889. The smallest absolute Gasteiger partial charge is 0.229 e. The first-order chi connectivity index (χ1) is 6.13. The predicted octanol–water partition coefficient (Wildman–Crippen LogP) is 0.998. The van der Waals surface area contributed by atoms with Gasteiger partial charge < -0.3 is 10.4 Å². The van der Waals surface area contributed by atoms with Gasteiger partial charge in [-0.05, 0) is 25.2 Å². The molecule has 0 spiro atoms. The van der Waals surface area contributed by atoms with Crippen molar-refractivity contribution in [1.82, 2.24) is 5.32 Å². The van der Waals surface area contributed by atoms with Gasteiger partial charge in [0.1, 0.15) is 0 Å². The number of rotatable bonds is 2. The lowest BCUT2D eigenvalue weighted by atomic mass is 9.79. The van der Waals surface area contributed by atoms with E-state index in [1.165, 1.54) is 7.28 Å². The lowest BCUT2D eigenvalue weighted by Gasteiger charge is -2.32. The van der Waals surface area contributed by atoms with Gasteiger partial charge in [-0.1, -0.05) is 13.7 Å². The number of aliphatic hydroxyl groups is 1. The van der Waals surface area contributed by atoms with Gasteiger partial charge in [-0.3, -0.25) is 4.79 Å². The van der Waals surface area contributed by atoms with Crippen LogP contribution < -0.4 is 5.32 Å². The van der Waals surface area contributed by atoms with Crippen LogP contribution in [0.3, 0.4) is 0 Å². The Morgan fingerprint density at radius 1 is 1.54 bits per heavy atom. The van der Waals surface area contributed by atoms with Gasteiger partial charge in [0.25, 0.3) is 0 Å². The van der Waals surface area contributed by atoms with Crippen molar-refractivity contribution in [1.29, 1.82) is 0 Å². The molecule has 0 aromatic heterocycles. The van der Waals surface area contributed by atoms with Crippen LogP contribution in [0.1, 0.15) is 26.2 Å². The van der Waals surface area contributed by atoms with Crippen molar-refractivity contribution in [2.24, 2.45) is 5.92 Å². The van der Waals surface area contributed by atoms with Gasteiger partial charge in [-0.25, -0.2) is 0 Å². The van der Waals surface area contributed by atoms with Crippen molar-refractivity contribution in [2.75, 3.05) is 0 Å². The first-order valence-corrected chi connectivity index (χ1v) is 4.91. The molecule has 1 fully saturated rings. The van der Waals surface area contributed by atoms with Gasteiger partial charge in [0.15, 0.2) is 5.81 Å². The normalized spacial score (nSPS) is 33.9. The predicted molar refractivity (Wildman–Crippen MR) is 53.0 cm³/mol. The van der Waals surface area contributed by atoms with Crippen LogP contribution in [0.5, 0.6) is 0 Å². The maximum absolute atomic E-state index is 11.1. The average Bonchev–Trinajstić information content (AvgIpc) is 2.11. The van der Waals surface area contributed by atoms with E-state index in [9.17, 15) is 9.90 Å². The summed E-state index contributed by atoms with van der Waals surface area (Å²) in [6, 6.07) is -0.0487. The molecule has 0 heterocycles. The Kier molecular flexibility index (Phi) is 3.79. The molecular weight excluding hydrogens is 165 g/mol. The third-order valence-corrected chi connectivity index (χ3v) is 2.67. The van der Waals surface area contributed by atoms with E-state index in [4.69, 9.17) is 0 Å². The molecule has 1 rings (SSSR count). The second-order valence-electron chi connectivity index (χ2n) is 3.89. The summed E-state index contributed by atoms with van der Waals surface area (Å²) in [7, 11) is 1.49. The average molecular weight is 182 g/mol. The Morgan fingerprint density at radius 3 is 2.85 bits per heavy atom. The summed E-state index contributed by atoms with van der Waals surface area (Å²) < 4.78 is 0. The van der Waals surface area contributed by atoms with E-state index in [-0.39, 0.29) is 18.0 Å². The summed E-state index contributed by atoms with van der Waals surface area (Å²) in [5.41, 5.74) is 0. The summed E-state index contributed by atoms with van der Waals surface area (Å²) in [5.74, 6) is 0.517. The number of hydrogen-bond acceptors (Lipinski definition) is 2. The van der Waals surface area contributed by atoms with Gasteiger partial charge in [0, 0.05) is 0 Å². The molecule has 0 aromatic carbocycles. The molecule has 1 aliphatic carbocycles. The van der Waals surface area contributed by atoms with E-state index >= 15 is 0 Å². The van der Waals surface area contributed by atoms with Gasteiger partial charge in [0.05, 0.1) is 12.1 Å². The Hall–Kier alpha value is -0.505. The molecule has 0 aliphatic heterocycles. The minimum absolute atomic E-state index is 0.0487. The molecule has 0 aromatic rings. The van der Waals surface area contributed by atoms with E-state index in [0.29, 0.717) is 5.92 Å². The number of carbonyl (C=O) groups excluding carboxylic acids is 1. The molecule has 1 saturated carbocycles. The third kappa shape index (κ3) is 3.03. The second-order valence-corrected chi connectivity index (χ2v) is 3.89. The zero-order valence-corrected chi connectivity index (χ0v) is 8.29. The standard InChI is InChI=1S/C9H17BNO2/c1-6-3-4-8(12)7(5-6)11-9(13)10-2/h6-8,12H,3-5H2,1-2H3,(H,11,13). The molecule has 1 amide bonds. The summed E-state index contributed by atoms with van der Waals surface area (Å²) in [5, 5.41) is 12.4. The van der Waals surface area contributed by atoms with E-state index in [1.54, 1.807) is 6.82 Å². The number of amides is 1. The number of carbonyl (C=O) groups is 1. The Morgan fingerprint density at radius 2 is 2.23 bits per heavy atom. The molecule has 73 valence electrons. The van der Waals surface area contributed by atoms with Crippen molar-refractivity contribution in [3.8, 4) is 0 Å². The van der Waals surface area contributed by atoms with Crippen LogP contribution in [-0.2, 0) is 0 Å². The SMILES string of the molecule is C[B]C(=O)NC1CC(C)CCC1O. The fourth-order valence-electron chi connectivity index (χ4n) is 1.79. The second kappa shape index (κ2) is 4.65. The highest BCUT2D eigenvalue weighted by atomic mass is 16.3. The molecular formula is C9H17BNO2. The fourth-order valence-corrected chi connectivity index (χ4v) is 1.79. The zero-order chi connectivity index (χ0) is 9.84. The Labute approximate surface area is 80.1 Å². The minimum Gasteiger partial charge on any atom is -0.391 e.